The molecule has 0 spiro atoms. The number of amides is 1. The third-order valence-electron chi connectivity index (χ3n) is 1.68. The molecular weight excluding hydrogens is 270 g/mol. The highest BCUT2D eigenvalue weighted by Crippen LogP contribution is 2.18. The van der Waals surface area contributed by atoms with E-state index in [2.05, 4.69) is 10.6 Å². The number of rotatable bonds is 10. The van der Waals surface area contributed by atoms with E-state index in [-0.39, 0.29) is 18.9 Å². The molecule has 2 N–H and O–H groups in total. The third-order valence-corrected chi connectivity index (χ3v) is 4.09. The van der Waals surface area contributed by atoms with E-state index in [1.807, 2.05) is 20.9 Å². The zero-order valence-corrected chi connectivity index (χ0v) is 13.5. The van der Waals surface area contributed by atoms with Gasteiger partial charge in [0.25, 0.3) is 0 Å². The zero-order chi connectivity index (χ0) is 14.2. The van der Waals surface area contributed by atoms with Crippen molar-refractivity contribution in [3.05, 3.63) is 4.91 Å². The Morgan fingerprint density at radius 2 is 1.72 bits per heavy atom. The number of nitroso groups, excluding NO2 is 1. The SMILES string of the molecule is CC.CNCCSSCCNC(=O)CC[N+](C)=O. The Kier molecular flexibility index (Phi) is 18.6. The number of carbonyl (C=O) groups is 1. The molecule has 0 aromatic rings. The maximum absolute atomic E-state index is 11.2. The summed E-state index contributed by atoms with van der Waals surface area (Å²) < 4.78 is 0.766. The van der Waals surface area contributed by atoms with Crippen molar-refractivity contribution in [2.24, 2.45) is 0 Å². The number of hydrogen-bond acceptors (Lipinski definition) is 5. The lowest BCUT2D eigenvalue weighted by atomic mass is 10.4. The van der Waals surface area contributed by atoms with Gasteiger partial charge in [-0.05, 0) is 11.8 Å². The van der Waals surface area contributed by atoms with Gasteiger partial charge >= 0.3 is 0 Å². The van der Waals surface area contributed by atoms with Crippen LogP contribution < -0.4 is 10.6 Å². The Morgan fingerprint density at radius 3 is 2.22 bits per heavy atom. The normalized spacial score (nSPS) is 9.33. The highest BCUT2D eigenvalue weighted by Gasteiger charge is 2.05. The first-order valence-corrected chi connectivity index (χ1v) is 8.69. The van der Waals surface area contributed by atoms with Crippen LogP contribution in [-0.4, -0.2) is 55.9 Å². The molecule has 0 atom stereocenters. The molecule has 0 aromatic heterocycles. The molecule has 108 valence electrons. The van der Waals surface area contributed by atoms with Gasteiger partial charge in [0, 0.05) is 29.5 Å². The van der Waals surface area contributed by atoms with Crippen LogP contribution in [0.15, 0.2) is 0 Å². The van der Waals surface area contributed by atoms with Crippen LogP contribution >= 0.6 is 21.6 Å². The van der Waals surface area contributed by atoms with E-state index in [9.17, 15) is 9.70 Å². The summed E-state index contributed by atoms with van der Waals surface area (Å²) >= 11 is 0. The van der Waals surface area contributed by atoms with Gasteiger partial charge in [-0.2, -0.15) is 0 Å². The first-order chi connectivity index (χ1) is 8.66. The summed E-state index contributed by atoms with van der Waals surface area (Å²) in [6, 6.07) is 0. The largest absolute Gasteiger partial charge is 0.355 e. The molecule has 1 amide bonds. The molecule has 0 aromatic carbocycles. The standard InChI is InChI=1S/C9H19N3O2S2.C2H6/c1-10-4-7-15-16-8-5-11-9(13)3-6-12(2)14;1-2/h10H,3-8H2,1-2H3;1-2H3/p+1. The van der Waals surface area contributed by atoms with Gasteiger partial charge in [-0.15, -0.1) is 0 Å². The van der Waals surface area contributed by atoms with E-state index in [0.29, 0.717) is 6.54 Å². The smallest absolute Gasteiger partial charge is 0.226 e. The Morgan fingerprint density at radius 1 is 1.17 bits per heavy atom. The van der Waals surface area contributed by atoms with Crippen LogP contribution in [0.3, 0.4) is 0 Å². The Balaban J connectivity index is 0. The van der Waals surface area contributed by atoms with Crippen LogP contribution in [0.25, 0.3) is 0 Å². The summed E-state index contributed by atoms with van der Waals surface area (Å²) in [6.07, 6.45) is 0.275. The molecule has 5 nitrogen and oxygen atoms in total. The summed E-state index contributed by atoms with van der Waals surface area (Å²) in [7, 11) is 6.89. The Hall–Kier alpha value is -0.270. The topological polar surface area (TPSA) is 61.2 Å². The number of nitrogens with zero attached hydrogens (tertiary/aromatic N) is 1. The van der Waals surface area contributed by atoms with Crippen LogP contribution in [0, 0.1) is 4.91 Å². The molecular formula is C11H26N3O2S2+. The molecule has 0 aliphatic carbocycles. The lowest BCUT2D eigenvalue weighted by Crippen LogP contribution is -2.27. The van der Waals surface area contributed by atoms with Crippen molar-refractivity contribution in [1.29, 1.82) is 0 Å². The highest BCUT2D eigenvalue weighted by molar-refractivity contribution is 8.76. The second kappa shape index (κ2) is 16.7. The van der Waals surface area contributed by atoms with Crippen LogP contribution in [-0.2, 0) is 4.79 Å². The predicted molar refractivity (Wildman–Crippen MR) is 82.2 cm³/mol. The molecule has 7 heteroatoms. The van der Waals surface area contributed by atoms with Crippen LogP contribution in [0.4, 0.5) is 0 Å². The maximum atomic E-state index is 11.2. The molecule has 0 saturated carbocycles. The van der Waals surface area contributed by atoms with Crippen LogP contribution in [0.1, 0.15) is 20.3 Å². The number of hydrogen-bond donors (Lipinski definition) is 2. The van der Waals surface area contributed by atoms with Gasteiger partial charge in [0.15, 0.2) is 13.6 Å². The minimum Gasteiger partial charge on any atom is -0.355 e. The first kappa shape index (κ1) is 20.1. The van der Waals surface area contributed by atoms with Gasteiger partial charge < -0.3 is 10.6 Å². The van der Waals surface area contributed by atoms with E-state index in [4.69, 9.17) is 0 Å². The summed E-state index contributed by atoms with van der Waals surface area (Å²) in [5.74, 6) is 1.91. The zero-order valence-electron chi connectivity index (χ0n) is 11.8. The maximum Gasteiger partial charge on any atom is 0.226 e. The summed E-state index contributed by atoms with van der Waals surface area (Å²) in [5.41, 5.74) is 0. The molecule has 0 aliphatic rings. The van der Waals surface area contributed by atoms with Crippen molar-refractivity contribution >= 4 is 27.5 Å². The lowest BCUT2D eigenvalue weighted by Gasteiger charge is -2.03. The molecule has 0 radical (unpaired) electrons. The van der Waals surface area contributed by atoms with Gasteiger partial charge in [-0.25, -0.2) is 0 Å². The van der Waals surface area contributed by atoms with E-state index in [0.717, 1.165) is 22.8 Å². The fraction of sp³-hybridized carbons (Fsp3) is 0.909. The molecule has 18 heavy (non-hydrogen) atoms. The van der Waals surface area contributed by atoms with Crippen molar-refractivity contribution in [2.75, 3.05) is 45.2 Å². The molecule has 0 saturated heterocycles. The van der Waals surface area contributed by atoms with Crippen LogP contribution in [0.5, 0.6) is 0 Å². The molecule has 0 heterocycles. The van der Waals surface area contributed by atoms with Gasteiger partial charge in [0.1, 0.15) is 0 Å². The van der Waals surface area contributed by atoms with Crippen molar-refractivity contribution in [2.45, 2.75) is 20.3 Å². The first-order valence-electron chi connectivity index (χ1n) is 6.20. The van der Waals surface area contributed by atoms with E-state index in [1.54, 1.807) is 21.6 Å². The second-order valence-electron chi connectivity index (χ2n) is 3.20. The van der Waals surface area contributed by atoms with Gasteiger partial charge in [-0.3, -0.25) is 4.79 Å². The summed E-state index contributed by atoms with van der Waals surface area (Å²) in [6.45, 7) is 5.92. The van der Waals surface area contributed by atoms with Crippen molar-refractivity contribution in [3.8, 4) is 0 Å². The van der Waals surface area contributed by atoms with Gasteiger partial charge in [0.2, 0.25) is 5.91 Å². The summed E-state index contributed by atoms with van der Waals surface area (Å²) in [5, 5.41) is 5.84. The molecule has 0 rings (SSSR count). The monoisotopic (exact) mass is 296 g/mol. The van der Waals surface area contributed by atoms with Crippen LogP contribution in [0.2, 0.25) is 0 Å². The van der Waals surface area contributed by atoms with Crippen molar-refractivity contribution in [1.82, 2.24) is 10.6 Å². The minimum atomic E-state index is -0.0523. The average Bonchev–Trinajstić information content (AvgIpc) is 2.37. The third kappa shape index (κ3) is 18.1. The fourth-order valence-corrected chi connectivity index (χ4v) is 2.76. The summed E-state index contributed by atoms with van der Waals surface area (Å²) in [4.78, 5) is 21.7. The lowest BCUT2D eigenvalue weighted by molar-refractivity contribution is -0.517. The minimum absolute atomic E-state index is 0.0523. The number of carbonyl (C=O) groups excluding carboxylic acids is 1. The Bertz CT molecular complexity index is 216. The van der Waals surface area contributed by atoms with E-state index < -0.39 is 0 Å². The van der Waals surface area contributed by atoms with E-state index >= 15 is 0 Å². The fourth-order valence-electron chi connectivity index (χ4n) is 0.841. The van der Waals surface area contributed by atoms with Crippen molar-refractivity contribution < 1.29 is 9.55 Å². The molecule has 0 bridgehead atoms. The average molecular weight is 296 g/mol. The molecule has 0 fully saturated rings. The second-order valence-corrected chi connectivity index (χ2v) is 5.90. The Labute approximate surface area is 118 Å². The van der Waals surface area contributed by atoms with E-state index in [1.165, 1.54) is 7.05 Å². The molecule has 0 unspecified atom stereocenters. The quantitative estimate of drug-likeness (QED) is 0.364. The van der Waals surface area contributed by atoms with Gasteiger partial charge in [-0.1, -0.05) is 35.4 Å². The predicted octanol–water partition coefficient (Wildman–Crippen LogP) is 1.53. The van der Waals surface area contributed by atoms with Crippen molar-refractivity contribution in [3.63, 3.8) is 0 Å². The van der Waals surface area contributed by atoms with Gasteiger partial charge in [0.05, 0.1) is 6.42 Å². The highest BCUT2D eigenvalue weighted by atomic mass is 33.1. The number of nitrogens with one attached hydrogen (secondary N) is 2. The molecule has 0 aliphatic heterocycles.